The number of aromatic carboxylic acids is 1. The lowest BCUT2D eigenvalue weighted by Gasteiger charge is -2.39. The number of oxime groups is 1. The van der Waals surface area contributed by atoms with Gasteiger partial charge < -0.3 is 89.3 Å². The molecule has 3 fully saturated rings. The third-order valence-electron chi connectivity index (χ3n) is 15.1. The van der Waals surface area contributed by atoms with E-state index in [-0.39, 0.29) is 47.8 Å². The van der Waals surface area contributed by atoms with Crippen LogP contribution in [0.4, 0.5) is 4.79 Å². The number of carboxylic acid groups (broad SMARTS) is 1. The van der Waals surface area contributed by atoms with Crippen molar-refractivity contribution in [2.45, 2.75) is 220 Å². The van der Waals surface area contributed by atoms with Crippen molar-refractivity contribution in [3.05, 3.63) is 45.2 Å². The Morgan fingerprint density at radius 1 is 0.878 bits per heavy atom. The van der Waals surface area contributed by atoms with Crippen molar-refractivity contribution in [1.29, 1.82) is 0 Å². The maximum Gasteiger partial charge on any atom is 0.407 e. The minimum absolute atomic E-state index is 0.0166. The Bertz CT molecular complexity index is 2350. The number of cyclic esters (lactones) is 1. The molecular formula is C59H102N4O19. The number of aromatic nitrogens is 1. The van der Waals surface area contributed by atoms with E-state index < -0.39 is 83.5 Å². The molecule has 15 atom stereocenters. The molecule has 23 nitrogen and oxygen atoms in total. The average Bonchev–Trinajstić information content (AvgIpc) is 3.41. The highest BCUT2D eigenvalue weighted by atomic mass is 16.6. The van der Waals surface area contributed by atoms with Crippen LogP contribution in [0.15, 0.2) is 28.3 Å². The van der Waals surface area contributed by atoms with Gasteiger partial charge in [-0.1, -0.05) is 52.8 Å². The van der Waals surface area contributed by atoms with Gasteiger partial charge in [-0.2, -0.15) is 0 Å². The number of carbonyl (C=O) groups is 3. The fourth-order valence-electron chi connectivity index (χ4n) is 11.0. The van der Waals surface area contributed by atoms with Gasteiger partial charge in [-0.3, -0.25) is 9.59 Å². The van der Waals surface area contributed by atoms with Crippen molar-refractivity contribution in [2.75, 3.05) is 48.1 Å². The number of esters is 1. The van der Waals surface area contributed by atoms with Gasteiger partial charge in [-0.15, -0.1) is 0 Å². The van der Waals surface area contributed by atoms with Crippen molar-refractivity contribution in [3.8, 4) is 0 Å². The molecule has 23 heteroatoms. The highest BCUT2D eigenvalue weighted by Gasteiger charge is 2.45. The summed E-state index contributed by atoms with van der Waals surface area (Å²) in [4.78, 5) is 54.4. The zero-order valence-electron chi connectivity index (χ0n) is 51.6. The number of amides is 1. The molecule has 1 aromatic carbocycles. The van der Waals surface area contributed by atoms with Crippen LogP contribution in [0.3, 0.4) is 0 Å². The molecule has 472 valence electrons. The number of hydrogen-bond acceptors (Lipinski definition) is 20. The molecule has 0 saturated carbocycles. The van der Waals surface area contributed by atoms with E-state index in [1.165, 1.54) is 20.2 Å². The largest absolute Gasteiger partial charge is 0.477 e. The highest BCUT2D eigenvalue weighted by molar-refractivity contribution is 5.94. The number of alkyl carbamates (subject to hydrolysis) is 1. The van der Waals surface area contributed by atoms with Gasteiger partial charge in [0.25, 0.3) is 0 Å². The maximum absolute atomic E-state index is 12.9. The standard InChI is InChI=1S/C27H36N2O9.C23H43NO6.C6H12O3.C2H7N.CH4O/c1-15-10-21(30)37-16(2)24(15)38-26(34)28-7-9-35-8-5-6-17-11-18-14-36-27(3,4)29-13-20(25(32)33)23(31)19(12-17)22(18)29;1-9-19-23(7,28)20(25)15(3)11-18(24-29-8)17(5)13-22(6,27)12-14(2)10-16(4)21(26)30-19;1-4-2-3-5(7)6(8)9-4;1-3-2;1-2/h11-13,15-16,21,24,30H,5-10,14H2,1-4H3,(H,28,34)(H,32,33);14-17,19-20,25,27-28H,9-13H2,1-8H3;4-8H,2-3H2,1H3;3H,1-2H3;2H,1H3/b;24-18-;;;/t15?,16?,21-,24-;14-,15?,16?,17+,19+,20?,22-,23+;4-,5?,6-;;/m101../s1. The number of ether oxygens (including phenoxy) is 6. The Hall–Kier alpha value is -4.37. The predicted molar refractivity (Wildman–Crippen MR) is 309 cm³/mol. The molecule has 2 aromatic rings. The minimum atomic E-state index is -1.61. The third kappa shape index (κ3) is 22.2. The number of carbonyl (C=O) groups excluding carboxylic acids is 2. The van der Waals surface area contributed by atoms with Crippen LogP contribution in [0.2, 0.25) is 0 Å². The normalized spacial score (nSPS) is 32.6. The van der Waals surface area contributed by atoms with Crippen LogP contribution in [-0.4, -0.2) is 178 Å². The summed E-state index contributed by atoms with van der Waals surface area (Å²) >= 11 is 0. The second-order valence-corrected chi connectivity index (χ2v) is 23.4. The van der Waals surface area contributed by atoms with Crippen LogP contribution < -0.4 is 16.1 Å². The maximum atomic E-state index is 12.9. The first-order valence-corrected chi connectivity index (χ1v) is 28.8. The van der Waals surface area contributed by atoms with Crippen molar-refractivity contribution in [1.82, 2.24) is 15.2 Å². The van der Waals surface area contributed by atoms with Gasteiger partial charge in [0, 0.05) is 55.7 Å². The van der Waals surface area contributed by atoms with Gasteiger partial charge in [0.1, 0.15) is 42.3 Å². The van der Waals surface area contributed by atoms with Crippen LogP contribution in [0, 0.1) is 29.6 Å². The number of hydrogen-bond donors (Lipinski definition) is 10. The number of nitrogens with zero attached hydrogens (tertiary/aromatic N) is 2. The summed E-state index contributed by atoms with van der Waals surface area (Å²) in [6.07, 6.45) is 1.17. The van der Waals surface area contributed by atoms with Crippen molar-refractivity contribution < 1.29 is 88.5 Å². The molecule has 0 aliphatic carbocycles. The van der Waals surface area contributed by atoms with Crippen molar-refractivity contribution in [2.24, 2.45) is 34.7 Å². The lowest BCUT2D eigenvalue weighted by atomic mass is 9.78. The zero-order valence-corrected chi connectivity index (χ0v) is 51.6. The van der Waals surface area contributed by atoms with Gasteiger partial charge >= 0.3 is 18.0 Å². The van der Waals surface area contributed by atoms with E-state index in [0.29, 0.717) is 88.5 Å². The molecular weight excluding hydrogens is 1070 g/mol. The first-order valence-electron chi connectivity index (χ1n) is 28.8. The summed E-state index contributed by atoms with van der Waals surface area (Å²) in [5.74, 6) is -2.38. The molecule has 4 aliphatic rings. The van der Waals surface area contributed by atoms with E-state index in [1.54, 1.807) is 24.5 Å². The number of benzene rings is 1. The number of pyridine rings is 1. The number of carboxylic acids is 1. The molecule has 1 aromatic heterocycles. The van der Waals surface area contributed by atoms with E-state index in [1.807, 2.05) is 82.5 Å². The molecule has 82 heavy (non-hydrogen) atoms. The van der Waals surface area contributed by atoms with Crippen molar-refractivity contribution >= 4 is 34.6 Å². The molecule has 5 heterocycles. The number of rotatable bonds is 11. The monoisotopic (exact) mass is 1170 g/mol. The van der Waals surface area contributed by atoms with E-state index in [2.05, 4.69) is 15.8 Å². The number of aliphatic hydroxyl groups excluding tert-OH is 5. The number of nitrogens with one attached hydrogen (secondary N) is 2. The summed E-state index contributed by atoms with van der Waals surface area (Å²) in [7, 11) is 6.22. The van der Waals surface area contributed by atoms with Crippen LogP contribution in [0.25, 0.3) is 10.9 Å². The molecule has 1 amide bonds. The van der Waals surface area contributed by atoms with Gasteiger partial charge in [0.2, 0.25) is 5.43 Å². The molecule has 6 rings (SSSR count). The average molecular weight is 1170 g/mol. The quantitative estimate of drug-likeness (QED) is 0.0772. The molecule has 4 aliphatic heterocycles. The lowest BCUT2D eigenvalue weighted by Crippen LogP contribution is -2.54. The second-order valence-electron chi connectivity index (χ2n) is 23.4. The fourth-order valence-corrected chi connectivity index (χ4v) is 11.0. The molecule has 3 saturated heterocycles. The topological polar surface area (TPSA) is 336 Å². The molecule has 0 spiro atoms. The van der Waals surface area contributed by atoms with Crippen LogP contribution in [0.5, 0.6) is 0 Å². The smallest absolute Gasteiger partial charge is 0.407 e. The van der Waals surface area contributed by atoms with Crippen LogP contribution >= 0.6 is 0 Å². The van der Waals surface area contributed by atoms with Crippen molar-refractivity contribution in [3.63, 3.8) is 0 Å². The highest BCUT2D eigenvalue weighted by Crippen LogP contribution is 2.36. The van der Waals surface area contributed by atoms with Gasteiger partial charge in [0.15, 0.2) is 12.6 Å². The lowest BCUT2D eigenvalue weighted by molar-refractivity contribution is -0.210. The summed E-state index contributed by atoms with van der Waals surface area (Å²) in [6, 6.07) is 3.75. The minimum Gasteiger partial charge on any atom is -0.477 e. The fraction of sp³-hybridized carbons (Fsp3) is 0.780. The summed E-state index contributed by atoms with van der Waals surface area (Å²) in [6.45, 7) is 23.3. The van der Waals surface area contributed by atoms with Crippen LogP contribution in [-0.2, 0) is 56.8 Å². The zero-order chi connectivity index (χ0) is 62.4. The van der Waals surface area contributed by atoms with E-state index >= 15 is 0 Å². The van der Waals surface area contributed by atoms with E-state index in [4.69, 9.17) is 48.6 Å². The third-order valence-corrected chi connectivity index (χ3v) is 15.1. The van der Waals surface area contributed by atoms with Gasteiger partial charge in [0.05, 0.1) is 54.3 Å². The Kier molecular flexibility index (Phi) is 31.1. The predicted octanol–water partition coefficient (Wildman–Crippen LogP) is 5.33. The first-order chi connectivity index (χ1) is 38.3. The van der Waals surface area contributed by atoms with Crippen LogP contribution in [0.1, 0.15) is 162 Å². The van der Waals surface area contributed by atoms with E-state index in [9.17, 15) is 44.7 Å². The second kappa shape index (κ2) is 34.6. The SMILES string of the molecule is CC1C[C@H](O)OC(C)[C@@H]1OC(=O)NCCOCCCc1cc2c3c(c1)c(=O)c(C(=O)O)cn3C(C)(C)OC2.CC[C@H]1OC(=O)C(C)C[C@H](C)C[C@](C)(O)C[C@@H](C)/C(=N\OC)CC(C)C(O)[C@]1(C)O.CNC.CO.C[C@@H]1CCC(O)[C@H](O)O1. The van der Waals surface area contributed by atoms with Gasteiger partial charge in [-0.25, -0.2) is 9.59 Å². The van der Waals surface area contributed by atoms with E-state index in [0.717, 1.165) is 30.4 Å². The molecule has 0 bridgehead atoms. The van der Waals surface area contributed by atoms with Gasteiger partial charge in [-0.05, 0) is 137 Å². The number of aliphatic hydroxyl groups is 7. The summed E-state index contributed by atoms with van der Waals surface area (Å²) in [5.41, 5.74) is -0.938. The Labute approximate surface area is 485 Å². The Balaban J connectivity index is 0.000000462. The first kappa shape index (κ1) is 73.7. The number of aryl methyl sites for hydroxylation is 1. The Morgan fingerprint density at radius 2 is 1.52 bits per heavy atom. The summed E-state index contributed by atoms with van der Waals surface area (Å²) < 4.78 is 34.6. The molecule has 0 radical (unpaired) electrons. The molecule has 6 unspecified atom stereocenters. The molecule has 10 N–H and O–H groups in total. The summed E-state index contributed by atoms with van der Waals surface area (Å²) in [5, 5.41) is 87.0. The Morgan fingerprint density at radius 3 is 2.10 bits per heavy atom.